The summed E-state index contributed by atoms with van der Waals surface area (Å²) in [5.74, 6) is 0.0485. The molecule has 0 unspecified atom stereocenters. The predicted octanol–water partition coefficient (Wildman–Crippen LogP) is 1.36. The number of aliphatic hydroxyl groups is 1. The van der Waals surface area contributed by atoms with Gasteiger partial charge in [-0.2, -0.15) is 0 Å². The van der Waals surface area contributed by atoms with Gasteiger partial charge in [0.05, 0.1) is 18.0 Å². The molecule has 0 saturated carbocycles. The van der Waals surface area contributed by atoms with E-state index < -0.39 is 0 Å². The number of hydrogen-bond donors (Lipinski definition) is 3. The SMILES string of the molecule is CCCN(CCO)c1cc2c(cc1N)CCC(=O)N2. The highest BCUT2D eigenvalue weighted by Gasteiger charge is 2.18. The van der Waals surface area contributed by atoms with Gasteiger partial charge in [-0.1, -0.05) is 6.92 Å². The number of carbonyl (C=O) groups excluding carboxylic acids is 1. The molecule has 19 heavy (non-hydrogen) atoms. The van der Waals surface area contributed by atoms with E-state index >= 15 is 0 Å². The molecule has 0 aromatic heterocycles. The van der Waals surface area contributed by atoms with E-state index in [1.807, 2.05) is 12.1 Å². The molecule has 4 N–H and O–H groups in total. The second kappa shape index (κ2) is 5.93. The number of carbonyl (C=O) groups is 1. The molecule has 1 heterocycles. The van der Waals surface area contributed by atoms with E-state index in [0.717, 1.165) is 36.3 Å². The zero-order valence-corrected chi connectivity index (χ0v) is 11.3. The lowest BCUT2D eigenvalue weighted by Gasteiger charge is -2.27. The van der Waals surface area contributed by atoms with Crippen LogP contribution in [-0.2, 0) is 11.2 Å². The van der Waals surface area contributed by atoms with Gasteiger partial charge in [0, 0.05) is 25.2 Å². The van der Waals surface area contributed by atoms with Gasteiger partial charge in [0.1, 0.15) is 0 Å². The summed E-state index contributed by atoms with van der Waals surface area (Å²) in [6.45, 7) is 3.55. The summed E-state index contributed by atoms with van der Waals surface area (Å²) < 4.78 is 0. The smallest absolute Gasteiger partial charge is 0.224 e. The van der Waals surface area contributed by atoms with E-state index in [1.54, 1.807) is 0 Å². The summed E-state index contributed by atoms with van der Waals surface area (Å²) in [5.41, 5.74) is 9.63. The van der Waals surface area contributed by atoms with Gasteiger partial charge in [0.25, 0.3) is 0 Å². The normalized spacial score (nSPS) is 13.9. The number of nitrogen functional groups attached to an aromatic ring is 1. The molecule has 0 radical (unpaired) electrons. The summed E-state index contributed by atoms with van der Waals surface area (Å²) in [6, 6.07) is 3.86. The van der Waals surface area contributed by atoms with E-state index in [0.29, 0.717) is 18.7 Å². The summed E-state index contributed by atoms with van der Waals surface area (Å²) in [6.07, 6.45) is 2.23. The molecule has 0 aliphatic carbocycles. The number of amides is 1. The molecule has 0 bridgehead atoms. The zero-order valence-electron chi connectivity index (χ0n) is 11.3. The Kier molecular flexibility index (Phi) is 4.27. The number of benzene rings is 1. The van der Waals surface area contributed by atoms with Crippen LogP contribution in [0.2, 0.25) is 0 Å². The van der Waals surface area contributed by atoms with Crippen LogP contribution < -0.4 is 16.0 Å². The number of hydrogen-bond acceptors (Lipinski definition) is 4. The summed E-state index contributed by atoms with van der Waals surface area (Å²) in [4.78, 5) is 13.5. The van der Waals surface area contributed by atoms with Crippen LogP contribution in [0, 0.1) is 0 Å². The van der Waals surface area contributed by atoms with Crippen molar-refractivity contribution >= 4 is 23.0 Å². The first-order chi connectivity index (χ1) is 9.15. The highest BCUT2D eigenvalue weighted by atomic mass is 16.3. The molecule has 0 atom stereocenters. The van der Waals surface area contributed by atoms with Crippen molar-refractivity contribution in [3.63, 3.8) is 0 Å². The van der Waals surface area contributed by atoms with Crippen molar-refractivity contribution in [2.75, 3.05) is 35.6 Å². The van der Waals surface area contributed by atoms with Gasteiger partial charge in [-0.05, 0) is 30.5 Å². The van der Waals surface area contributed by atoms with Crippen molar-refractivity contribution in [3.05, 3.63) is 17.7 Å². The van der Waals surface area contributed by atoms with Gasteiger partial charge in [0.15, 0.2) is 0 Å². The standard InChI is InChI=1S/C14H21N3O2/c1-2-5-17(6-7-18)13-9-12-10(8-11(13)15)3-4-14(19)16-12/h8-9,18H,2-7,15H2,1H3,(H,16,19). The first-order valence-corrected chi connectivity index (χ1v) is 6.73. The highest BCUT2D eigenvalue weighted by Crippen LogP contribution is 2.33. The quantitative estimate of drug-likeness (QED) is 0.701. The molecule has 1 aliphatic heterocycles. The largest absolute Gasteiger partial charge is 0.397 e. The van der Waals surface area contributed by atoms with Crippen molar-refractivity contribution in [1.82, 2.24) is 0 Å². The molecule has 1 aliphatic rings. The Morgan fingerprint density at radius 1 is 1.37 bits per heavy atom. The molecule has 0 fully saturated rings. The average Bonchev–Trinajstić information content (AvgIpc) is 2.38. The van der Waals surface area contributed by atoms with Crippen LogP contribution >= 0.6 is 0 Å². The molecule has 1 aromatic carbocycles. The van der Waals surface area contributed by atoms with Crippen molar-refractivity contribution < 1.29 is 9.90 Å². The molecule has 5 nitrogen and oxygen atoms in total. The average molecular weight is 263 g/mol. The maximum atomic E-state index is 11.4. The van der Waals surface area contributed by atoms with Gasteiger partial charge in [-0.25, -0.2) is 0 Å². The maximum absolute atomic E-state index is 11.4. The number of nitrogens with one attached hydrogen (secondary N) is 1. The Morgan fingerprint density at radius 3 is 2.84 bits per heavy atom. The summed E-state index contributed by atoms with van der Waals surface area (Å²) in [7, 11) is 0. The van der Waals surface area contributed by atoms with Gasteiger partial charge in [0.2, 0.25) is 5.91 Å². The Bertz CT molecular complexity index is 468. The number of aliphatic hydroxyl groups excluding tert-OH is 1. The van der Waals surface area contributed by atoms with Crippen molar-refractivity contribution in [2.45, 2.75) is 26.2 Å². The van der Waals surface area contributed by atoms with Crippen LogP contribution in [0.1, 0.15) is 25.3 Å². The summed E-state index contributed by atoms with van der Waals surface area (Å²) in [5, 5.41) is 12.0. The second-order valence-corrected chi connectivity index (χ2v) is 4.83. The predicted molar refractivity (Wildman–Crippen MR) is 77.4 cm³/mol. The molecule has 0 saturated heterocycles. The monoisotopic (exact) mass is 263 g/mol. The molecule has 2 rings (SSSR count). The van der Waals surface area contributed by atoms with Crippen LogP contribution in [0.25, 0.3) is 0 Å². The van der Waals surface area contributed by atoms with Crippen LogP contribution in [0.3, 0.4) is 0 Å². The molecule has 1 aromatic rings. The number of aryl methyl sites for hydroxylation is 1. The Morgan fingerprint density at radius 2 is 2.16 bits per heavy atom. The van der Waals surface area contributed by atoms with Gasteiger partial charge in [-0.15, -0.1) is 0 Å². The van der Waals surface area contributed by atoms with Crippen LogP contribution in [0.15, 0.2) is 12.1 Å². The van der Waals surface area contributed by atoms with Crippen molar-refractivity contribution in [2.24, 2.45) is 0 Å². The first kappa shape index (κ1) is 13.7. The van der Waals surface area contributed by atoms with Gasteiger partial charge >= 0.3 is 0 Å². The minimum Gasteiger partial charge on any atom is -0.397 e. The number of nitrogens with two attached hydrogens (primary N) is 1. The molecular weight excluding hydrogens is 242 g/mol. The third kappa shape index (κ3) is 2.98. The minimum absolute atomic E-state index is 0.0485. The highest BCUT2D eigenvalue weighted by molar-refractivity contribution is 5.95. The summed E-state index contributed by atoms with van der Waals surface area (Å²) >= 11 is 0. The third-order valence-corrected chi connectivity index (χ3v) is 3.35. The lowest BCUT2D eigenvalue weighted by molar-refractivity contribution is -0.116. The van der Waals surface area contributed by atoms with E-state index in [9.17, 15) is 4.79 Å². The lowest BCUT2D eigenvalue weighted by atomic mass is 10.0. The number of nitrogens with zero attached hydrogens (tertiary/aromatic N) is 1. The molecule has 1 amide bonds. The van der Waals surface area contributed by atoms with E-state index in [1.165, 1.54) is 0 Å². The van der Waals surface area contributed by atoms with Crippen LogP contribution in [0.5, 0.6) is 0 Å². The topological polar surface area (TPSA) is 78.6 Å². The number of anilines is 3. The zero-order chi connectivity index (χ0) is 13.8. The lowest BCUT2D eigenvalue weighted by Crippen LogP contribution is -2.29. The molecule has 104 valence electrons. The second-order valence-electron chi connectivity index (χ2n) is 4.83. The Labute approximate surface area is 113 Å². The van der Waals surface area contributed by atoms with E-state index in [-0.39, 0.29) is 12.5 Å². The van der Waals surface area contributed by atoms with Crippen LogP contribution in [0.4, 0.5) is 17.1 Å². The molecular formula is C14H21N3O2. The van der Waals surface area contributed by atoms with E-state index in [2.05, 4.69) is 17.1 Å². The van der Waals surface area contributed by atoms with Crippen molar-refractivity contribution in [3.8, 4) is 0 Å². The fourth-order valence-electron chi connectivity index (χ4n) is 2.45. The fraction of sp³-hybridized carbons (Fsp3) is 0.500. The maximum Gasteiger partial charge on any atom is 0.224 e. The first-order valence-electron chi connectivity index (χ1n) is 6.73. The van der Waals surface area contributed by atoms with Crippen molar-refractivity contribution in [1.29, 1.82) is 0 Å². The van der Waals surface area contributed by atoms with E-state index in [4.69, 9.17) is 10.8 Å². The fourth-order valence-corrected chi connectivity index (χ4v) is 2.45. The minimum atomic E-state index is 0.0485. The number of rotatable bonds is 5. The van der Waals surface area contributed by atoms with Gasteiger partial charge < -0.3 is 21.1 Å². The third-order valence-electron chi connectivity index (χ3n) is 3.35. The number of fused-ring (bicyclic) bond motifs is 1. The van der Waals surface area contributed by atoms with Crippen LogP contribution in [-0.4, -0.2) is 30.7 Å². The molecule has 0 spiro atoms. The van der Waals surface area contributed by atoms with Gasteiger partial charge in [-0.3, -0.25) is 4.79 Å². The Balaban J connectivity index is 2.34. The Hall–Kier alpha value is -1.75. The molecule has 5 heteroatoms.